The molecule has 154 valence electrons. The molecule has 0 fully saturated rings. The van der Waals surface area contributed by atoms with Crippen molar-refractivity contribution >= 4 is 23.6 Å². The predicted octanol–water partition coefficient (Wildman–Crippen LogP) is 5.22. The van der Waals surface area contributed by atoms with Crippen molar-refractivity contribution < 1.29 is 9.53 Å². The molecule has 0 unspecified atom stereocenters. The second kappa shape index (κ2) is 10.0. The van der Waals surface area contributed by atoms with Crippen molar-refractivity contribution in [3.05, 3.63) is 103 Å². The van der Waals surface area contributed by atoms with E-state index < -0.39 is 0 Å². The van der Waals surface area contributed by atoms with Crippen LogP contribution >= 0.6 is 0 Å². The highest BCUT2D eigenvalue weighted by molar-refractivity contribution is 5.90. The molecule has 31 heavy (non-hydrogen) atoms. The van der Waals surface area contributed by atoms with Crippen molar-refractivity contribution in [3.63, 3.8) is 0 Å². The number of hydrogen-bond donors (Lipinski definition) is 1. The van der Waals surface area contributed by atoms with Gasteiger partial charge in [0.25, 0.3) is 0 Å². The van der Waals surface area contributed by atoms with E-state index in [0.717, 1.165) is 30.0 Å². The molecule has 0 bridgehead atoms. The van der Waals surface area contributed by atoms with E-state index in [2.05, 4.69) is 15.3 Å². The molecule has 1 amide bonds. The zero-order valence-electron chi connectivity index (χ0n) is 16.9. The second-order valence-electron chi connectivity index (χ2n) is 6.75. The molecule has 2 aromatic carbocycles. The molecule has 6 nitrogen and oxygen atoms in total. The fourth-order valence-electron chi connectivity index (χ4n) is 3.14. The maximum Gasteiger partial charge on any atom is 0.218 e. The summed E-state index contributed by atoms with van der Waals surface area (Å²) in [5.41, 5.74) is 2.39. The highest BCUT2D eigenvalue weighted by atomic mass is 16.5. The van der Waals surface area contributed by atoms with Gasteiger partial charge < -0.3 is 10.1 Å². The fourth-order valence-corrected chi connectivity index (χ4v) is 3.14. The predicted molar refractivity (Wildman–Crippen MR) is 122 cm³/mol. The Morgan fingerprint density at radius 2 is 1.55 bits per heavy atom. The summed E-state index contributed by atoms with van der Waals surface area (Å²) in [4.78, 5) is 22.3. The van der Waals surface area contributed by atoms with E-state index in [1.807, 2.05) is 84.9 Å². The van der Waals surface area contributed by atoms with Gasteiger partial charge in [0.05, 0.1) is 5.69 Å². The summed E-state index contributed by atoms with van der Waals surface area (Å²) in [6, 6.07) is 26.4. The standard InChI is InChI=1S/C25H22N4O2/c30-19-29(21-11-13-23(14-12-21)31-22-8-2-1-3-9-22)24-10-6-17-27-25(24)28-18-15-20-7-4-5-16-26-20/h1-14,16-17,19H,15,18H2,(H,27,28). The van der Waals surface area contributed by atoms with Crippen molar-refractivity contribution in [1.29, 1.82) is 0 Å². The van der Waals surface area contributed by atoms with Crippen LogP contribution in [0.25, 0.3) is 0 Å². The monoisotopic (exact) mass is 410 g/mol. The van der Waals surface area contributed by atoms with E-state index in [1.165, 1.54) is 0 Å². The SMILES string of the molecule is O=CN(c1ccc(Oc2ccccc2)cc1)c1cccnc1NCCc1ccccn1. The van der Waals surface area contributed by atoms with Crippen LogP contribution in [0.5, 0.6) is 11.5 Å². The summed E-state index contributed by atoms with van der Waals surface area (Å²) in [5, 5.41) is 3.31. The minimum atomic E-state index is 0.634. The summed E-state index contributed by atoms with van der Waals surface area (Å²) in [6.45, 7) is 0.650. The average Bonchev–Trinajstić information content (AvgIpc) is 2.83. The van der Waals surface area contributed by atoms with E-state index in [-0.39, 0.29) is 0 Å². The maximum atomic E-state index is 12.0. The van der Waals surface area contributed by atoms with E-state index >= 15 is 0 Å². The minimum absolute atomic E-state index is 0.634. The van der Waals surface area contributed by atoms with Gasteiger partial charge in [-0.3, -0.25) is 14.7 Å². The molecule has 2 heterocycles. The number of benzene rings is 2. The first-order valence-electron chi connectivity index (χ1n) is 10.00. The summed E-state index contributed by atoms with van der Waals surface area (Å²) < 4.78 is 5.83. The lowest BCUT2D eigenvalue weighted by atomic mass is 10.2. The van der Waals surface area contributed by atoms with Gasteiger partial charge >= 0.3 is 0 Å². The first kappa shape index (κ1) is 20.1. The molecule has 0 radical (unpaired) electrons. The second-order valence-corrected chi connectivity index (χ2v) is 6.75. The number of amides is 1. The Morgan fingerprint density at radius 3 is 2.29 bits per heavy atom. The molecule has 0 aliphatic rings. The van der Waals surface area contributed by atoms with Crippen LogP contribution < -0.4 is 15.0 Å². The molecule has 0 aliphatic heterocycles. The van der Waals surface area contributed by atoms with Crippen LogP contribution in [-0.2, 0) is 11.2 Å². The molecule has 0 spiro atoms. The van der Waals surface area contributed by atoms with Crippen molar-refractivity contribution in [2.75, 3.05) is 16.8 Å². The Balaban J connectivity index is 1.48. The maximum absolute atomic E-state index is 12.0. The Kier molecular flexibility index (Phi) is 6.50. The van der Waals surface area contributed by atoms with Crippen molar-refractivity contribution in [2.24, 2.45) is 0 Å². The average molecular weight is 410 g/mol. The third-order valence-corrected chi connectivity index (χ3v) is 4.64. The molecule has 0 aliphatic carbocycles. The van der Waals surface area contributed by atoms with E-state index in [0.29, 0.717) is 23.8 Å². The Labute approximate surface area is 181 Å². The van der Waals surface area contributed by atoms with Gasteiger partial charge in [-0.2, -0.15) is 0 Å². The van der Waals surface area contributed by atoms with Gasteiger partial charge in [0.1, 0.15) is 17.3 Å². The zero-order chi connectivity index (χ0) is 21.3. The van der Waals surface area contributed by atoms with Crippen LogP contribution in [0.1, 0.15) is 5.69 Å². The number of nitrogens with zero attached hydrogens (tertiary/aromatic N) is 3. The number of nitrogens with one attached hydrogen (secondary N) is 1. The van der Waals surface area contributed by atoms with E-state index in [4.69, 9.17) is 4.74 Å². The topological polar surface area (TPSA) is 67.4 Å². The minimum Gasteiger partial charge on any atom is -0.457 e. The van der Waals surface area contributed by atoms with Gasteiger partial charge in [0.2, 0.25) is 6.41 Å². The molecular formula is C25H22N4O2. The number of carbonyl (C=O) groups excluding carboxylic acids is 1. The number of aromatic nitrogens is 2. The van der Waals surface area contributed by atoms with Gasteiger partial charge in [0, 0.05) is 36.7 Å². The number of anilines is 3. The van der Waals surface area contributed by atoms with Gasteiger partial charge in [0.15, 0.2) is 0 Å². The normalized spacial score (nSPS) is 10.3. The van der Waals surface area contributed by atoms with Crippen LogP contribution in [-0.4, -0.2) is 22.9 Å². The summed E-state index contributed by atoms with van der Waals surface area (Å²) >= 11 is 0. The van der Waals surface area contributed by atoms with E-state index in [9.17, 15) is 4.79 Å². The molecule has 6 heteroatoms. The number of para-hydroxylation sites is 1. The third-order valence-electron chi connectivity index (χ3n) is 4.64. The van der Waals surface area contributed by atoms with Crippen LogP contribution in [0.15, 0.2) is 97.3 Å². The summed E-state index contributed by atoms with van der Waals surface area (Å²) in [6.07, 6.45) is 5.02. The fraction of sp³-hybridized carbons (Fsp3) is 0.0800. The lowest BCUT2D eigenvalue weighted by Crippen LogP contribution is -2.17. The third kappa shape index (κ3) is 5.25. The van der Waals surface area contributed by atoms with Gasteiger partial charge in [-0.25, -0.2) is 4.98 Å². The quantitative estimate of drug-likeness (QED) is 0.383. The number of ether oxygens (including phenoxy) is 1. The molecular weight excluding hydrogens is 388 g/mol. The van der Waals surface area contributed by atoms with Gasteiger partial charge in [-0.15, -0.1) is 0 Å². The molecule has 1 N–H and O–H groups in total. The van der Waals surface area contributed by atoms with Crippen molar-refractivity contribution in [3.8, 4) is 11.5 Å². The zero-order valence-corrected chi connectivity index (χ0v) is 16.9. The Bertz CT molecular complexity index is 1100. The number of pyridine rings is 2. The van der Waals surface area contributed by atoms with Crippen LogP contribution in [0, 0.1) is 0 Å². The van der Waals surface area contributed by atoms with Crippen molar-refractivity contribution in [1.82, 2.24) is 9.97 Å². The van der Waals surface area contributed by atoms with Gasteiger partial charge in [-0.1, -0.05) is 24.3 Å². The Morgan fingerprint density at radius 1 is 0.806 bits per heavy atom. The highest BCUT2D eigenvalue weighted by Gasteiger charge is 2.14. The molecule has 0 atom stereocenters. The smallest absolute Gasteiger partial charge is 0.218 e. The van der Waals surface area contributed by atoms with E-state index in [1.54, 1.807) is 17.3 Å². The lowest BCUT2D eigenvalue weighted by Gasteiger charge is -2.21. The first-order chi connectivity index (χ1) is 15.3. The number of carbonyl (C=O) groups is 1. The largest absolute Gasteiger partial charge is 0.457 e. The molecule has 0 saturated heterocycles. The Hall–Kier alpha value is -4.19. The van der Waals surface area contributed by atoms with Crippen LogP contribution in [0.3, 0.4) is 0 Å². The van der Waals surface area contributed by atoms with Crippen LogP contribution in [0.2, 0.25) is 0 Å². The molecule has 2 aromatic heterocycles. The molecule has 4 rings (SSSR count). The number of rotatable bonds is 9. The van der Waals surface area contributed by atoms with Crippen LogP contribution in [0.4, 0.5) is 17.2 Å². The highest BCUT2D eigenvalue weighted by Crippen LogP contribution is 2.31. The lowest BCUT2D eigenvalue weighted by molar-refractivity contribution is -0.106. The molecule has 0 saturated carbocycles. The molecule has 4 aromatic rings. The first-order valence-corrected chi connectivity index (χ1v) is 10.00. The summed E-state index contributed by atoms with van der Waals surface area (Å²) in [5.74, 6) is 2.09. The van der Waals surface area contributed by atoms with Crippen molar-refractivity contribution in [2.45, 2.75) is 6.42 Å². The summed E-state index contributed by atoms with van der Waals surface area (Å²) in [7, 11) is 0. The number of hydrogen-bond acceptors (Lipinski definition) is 5. The van der Waals surface area contributed by atoms with Gasteiger partial charge in [-0.05, 0) is 60.7 Å².